The molecule has 3 aromatic carbocycles. The van der Waals surface area contributed by atoms with Crippen LogP contribution in [0.3, 0.4) is 0 Å². The van der Waals surface area contributed by atoms with E-state index in [1.54, 1.807) is 6.07 Å². The molecule has 0 spiro atoms. The van der Waals surface area contributed by atoms with Crippen LogP contribution < -0.4 is 15.0 Å². The molecule has 4 saturated heterocycles. The summed E-state index contributed by atoms with van der Waals surface area (Å²) in [6, 6.07) is 7.05. The van der Waals surface area contributed by atoms with E-state index in [0.29, 0.717) is 54.8 Å². The number of ether oxygens (including phenoxy) is 2. The van der Waals surface area contributed by atoms with Gasteiger partial charge >= 0.3 is 6.01 Å². The third-order valence-electron chi connectivity index (χ3n) is 11.0. The van der Waals surface area contributed by atoms with E-state index in [9.17, 15) is 9.50 Å². The largest absolute Gasteiger partial charge is 0.508 e. The summed E-state index contributed by atoms with van der Waals surface area (Å²) < 4.78 is 58.6. The topological polar surface area (TPSA) is 83.0 Å². The lowest BCUT2D eigenvalue weighted by Crippen LogP contribution is -2.51. The highest BCUT2D eigenvalue weighted by molar-refractivity contribution is 6.35. The zero-order valence-electron chi connectivity index (χ0n) is 25.7. The van der Waals surface area contributed by atoms with Crippen molar-refractivity contribution >= 4 is 39.1 Å². The summed E-state index contributed by atoms with van der Waals surface area (Å²) in [4.78, 5) is 14.1. The van der Waals surface area contributed by atoms with Crippen LogP contribution in [0.25, 0.3) is 32.8 Å². The third kappa shape index (κ3) is 5.17. The van der Waals surface area contributed by atoms with E-state index in [0.717, 1.165) is 64.6 Å². The molecule has 47 heavy (non-hydrogen) atoms. The molecule has 1 saturated carbocycles. The minimum atomic E-state index is -1.15. The van der Waals surface area contributed by atoms with Crippen molar-refractivity contribution in [2.24, 2.45) is 17.3 Å². The zero-order chi connectivity index (χ0) is 32.0. The summed E-state index contributed by atoms with van der Waals surface area (Å²) in [6.07, 6.45) is 4.17. The predicted octanol–water partition coefficient (Wildman–Crippen LogP) is 5.90. The average Bonchev–Trinajstić information content (AvgIpc) is 3.29. The maximum Gasteiger partial charge on any atom is 0.319 e. The lowest BCUT2D eigenvalue weighted by atomic mass is 9.95. The van der Waals surface area contributed by atoms with Crippen LogP contribution in [0, 0.1) is 34.7 Å². The van der Waals surface area contributed by atoms with Crippen molar-refractivity contribution in [3.8, 4) is 22.9 Å². The number of hydrogen-bond acceptors (Lipinski definition) is 8. The molecule has 4 unspecified atom stereocenters. The maximum absolute atomic E-state index is 16.9. The molecule has 0 radical (unpaired) electrons. The first kappa shape index (κ1) is 29.7. The first-order valence-electron chi connectivity index (χ1n) is 16.5. The van der Waals surface area contributed by atoms with Crippen molar-refractivity contribution in [1.29, 1.82) is 0 Å². The molecule has 5 fully saturated rings. The van der Waals surface area contributed by atoms with E-state index in [2.05, 4.69) is 20.1 Å². The van der Waals surface area contributed by atoms with Crippen LogP contribution in [-0.4, -0.2) is 84.6 Å². The fourth-order valence-electron chi connectivity index (χ4n) is 8.39. The number of rotatable bonds is 7. The molecule has 0 amide bonds. The molecule has 5 aliphatic rings. The molecule has 12 heteroatoms. The van der Waals surface area contributed by atoms with E-state index >= 15 is 8.78 Å². The first-order valence-corrected chi connectivity index (χ1v) is 16.9. The van der Waals surface area contributed by atoms with E-state index < -0.39 is 17.5 Å². The van der Waals surface area contributed by atoms with Crippen molar-refractivity contribution in [2.45, 2.75) is 37.8 Å². The van der Waals surface area contributed by atoms with Crippen LogP contribution in [0.15, 0.2) is 30.3 Å². The van der Waals surface area contributed by atoms with Crippen LogP contribution in [0.2, 0.25) is 5.02 Å². The highest BCUT2D eigenvalue weighted by Crippen LogP contribution is 2.48. The van der Waals surface area contributed by atoms with Crippen LogP contribution in [0.5, 0.6) is 11.8 Å². The number of likely N-dealkylation sites (tertiary alicyclic amines) is 1. The number of aromatic hydroxyl groups is 1. The molecule has 4 aliphatic heterocycles. The summed E-state index contributed by atoms with van der Waals surface area (Å²) in [5.74, 6) is -1.56. The van der Waals surface area contributed by atoms with Gasteiger partial charge in [0.2, 0.25) is 0 Å². The quantitative estimate of drug-likeness (QED) is 0.253. The van der Waals surface area contributed by atoms with Crippen LogP contribution >= 0.6 is 11.6 Å². The summed E-state index contributed by atoms with van der Waals surface area (Å²) in [5, 5.41) is 14.5. The molecule has 2 bridgehead atoms. The second-order valence-corrected chi connectivity index (χ2v) is 14.7. The van der Waals surface area contributed by atoms with Gasteiger partial charge in [-0.1, -0.05) is 17.7 Å². The minimum Gasteiger partial charge on any atom is -0.508 e. The van der Waals surface area contributed by atoms with Crippen molar-refractivity contribution in [1.82, 2.24) is 20.2 Å². The third-order valence-corrected chi connectivity index (χ3v) is 11.3. The van der Waals surface area contributed by atoms with Gasteiger partial charge in [0.05, 0.1) is 24.8 Å². The Labute approximate surface area is 274 Å². The fraction of sp³-hybridized carbons (Fsp3) is 0.486. The van der Waals surface area contributed by atoms with E-state index in [-0.39, 0.29) is 49.6 Å². The van der Waals surface area contributed by atoms with Crippen molar-refractivity contribution < 1.29 is 27.8 Å². The maximum atomic E-state index is 16.9. The number of phenolic OH excluding ortho intramolecular Hbond substituents is 1. The number of aromatic nitrogens is 2. The van der Waals surface area contributed by atoms with Gasteiger partial charge in [-0.15, -0.1) is 0 Å². The lowest BCUT2D eigenvalue weighted by Gasteiger charge is -2.34. The molecule has 246 valence electrons. The van der Waals surface area contributed by atoms with Gasteiger partial charge in [0.25, 0.3) is 0 Å². The van der Waals surface area contributed by atoms with Gasteiger partial charge in [0.15, 0.2) is 17.5 Å². The van der Waals surface area contributed by atoms with Crippen LogP contribution in [0.1, 0.15) is 25.7 Å². The van der Waals surface area contributed by atoms with E-state index in [1.807, 2.05) is 0 Å². The summed E-state index contributed by atoms with van der Waals surface area (Å²) >= 11 is 6.79. The van der Waals surface area contributed by atoms with E-state index in [4.69, 9.17) is 26.1 Å². The number of halogens is 4. The second kappa shape index (κ2) is 11.1. The fourth-order valence-corrected chi connectivity index (χ4v) is 8.68. The van der Waals surface area contributed by atoms with Gasteiger partial charge in [-0.3, -0.25) is 0 Å². The second-order valence-electron chi connectivity index (χ2n) is 14.3. The molecule has 8 nitrogen and oxygen atoms in total. The lowest BCUT2D eigenvalue weighted by molar-refractivity contribution is 0.131. The van der Waals surface area contributed by atoms with E-state index in [1.165, 1.54) is 18.2 Å². The monoisotopic (exact) mass is 665 g/mol. The molecular formula is C35H35ClF3N5O3. The van der Waals surface area contributed by atoms with Crippen LogP contribution in [-0.2, 0) is 4.74 Å². The van der Waals surface area contributed by atoms with Gasteiger partial charge in [0.1, 0.15) is 17.1 Å². The number of piperazine rings is 1. The molecule has 9 rings (SSSR count). The molecule has 4 aromatic rings. The number of fused-ring (bicyclic) bond motifs is 5. The predicted molar refractivity (Wildman–Crippen MR) is 173 cm³/mol. The zero-order valence-corrected chi connectivity index (χ0v) is 26.5. The number of anilines is 1. The number of nitrogens with zero attached hydrogens (tertiary/aromatic N) is 4. The molecule has 1 aliphatic carbocycles. The minimum absolute atomic E-state index is 0.00207. The van der Waals surface area contributed by atoms with Crippen molar-refractivity contribution in [3.63, 3.8) is 0 Å². The van der Waals surface area contributed by atoms with Crippen LogP contribution in [0.4, 0.5) is 19.0 Å². The molecule has 1 aromatic heterocycles. The van der Waals surface area contributed by atoms with Gasteiger partial charge in [0, 0.05) is 84.0 Å². The highest BCUT2D eigenvalue weighted by Gasteiger charge is 2.48. The average molecular weight is 666 g/mol. The standard InChI is InChI=1S/C35H35ClF3N5O3/c36-26-9-25-32(31(39)29(26)24-8-23(45)7-18-1-4-27(37)30(38)28(18)24)41-34(42-33(25)44-12-21-2-3-22(13-44)40-21)47-17-35(5-6-35)16-43-10-19-14-46-15-20(19)11-43/h1,4,7-9,19-22,40,45H,2-3,5-6,10-17H2. The number of nitrogens with one attached hydrogen (secondary N) is 1. The Hall–Kier alpha value is -3.38. The molecule has 4 atom stereocenters. The number of hydrogen-bond donors (Lipinski definition) is 2. The summed E-state index contributed by atoms with van der Waals surface area (Å²) in [7, 11) is 0. The SMILES string of the molecule is Oc1cc(-c2c(Cl)cc3c(N4CC5CCC(C4)N5)nc(OCC4(CN5CC6COCC6C5)CC4)nc3c2F)c2c(F)c(F)ccc2c1. The molecular weight excluding hydrogens is 631 g/mol. The number of benzene rings is 3. The highest BCUT2D eigenvalue weighted by atomic mass is 35.5. The number of phenols is 1. The molecule has 2 N–H and O–H groups in total. The Morgan fingerprint density at radius 1 is 0.979 bits per heavy atom. The van der Waals surface area contributed by atoms with Gasteiger partial charge < -0.3 is 29.7 Å². The Morgan fingerprint density at radius 3 is 2.45 bits per heavy atom. The van der Waals surface area contributed by atoms with Gasteiger partial charge in [-0.2, -0.15) is 9.97 Å². The van der Waals surface area contributed by atoms with Gasteiger partial charge in [-0.25, -0.2) is 13.2 Å². The molecule has 5 heterocycles. The van der Waals surface area contributed by atoms with Crippen molar-refractivity contribution in [3.05, 3.63) is 52.8 Å². The Kier molecular flexibility index (Phi) is 7.01. The van der Waals surface area contributed by atoms with Gasteiger partial charge in [-0.05, 0) is 55.3 Å². The normalized spacial score (nSPS) is 26.4. The summed E-state index contributed by atoms with van der Waals surface area (Å²) in [6.45, 7) is 6.48. The summed E-state index contributed by atoms with van der Waals surface area (Å²) in [5.41, 5.74) is -0.275. The Bertz CT molecular complexity index is 1900. The Morgan fingerprint density at radius 2 is 1.72 bits per heavy atom. The smallest absolute Gasteiger partial charge is 0.319 e. The first-order chi connectivity index (χ1) is 22.7. The van der Waals surface area contributed by atoms with Crippen molar-refractivity contribution in [2.75, 3.05) is 57.4 Å². The Balaban J connectivity index is 1.12.